The first-order valence-electron chi connectivity index (χ1n) is 10.4. The average molecular weight is 504 g/mol. The van der Waals surface area contributed by atoms with Gasteiger partial charge in [-0.15, -0.1) is 0 Å². The van der Waals surface area contributed by atoms with Gasteiger partial charge in [-0.05, 0) is 43.3 Å². The Morgan fingerprint density at radius 2 is 1.50 bits per heavy atom. The summed E-state index contributed by atoms with van der Waals surface area (Å²) in [6, 6.07) is 11.5. The van der Waals surface area contributed by atoms with Gasteiger partial charge in [-0.2, -0.15) is 17.6 Å². The van der Waals surface area contributed by atoms with Crippen molar-refractivity contribution in [2.45, 2.75) is 26.2 Å². The second kappa shape index (κ2) is 10.5. The number of nitrogens with zero attached hydrogens (tertiary/aromatic N) is 3. The van der Waals surface area contributed by atoms with Crippen LogP contribution in [0.3, 0.4) is 0 Å². The number of nitrogens with one attached hydrogen (secondary N) is 1. The molecule has 0 aliphatic rings. The second-order valence-electron chi connectivity index (χ2n) is 7.45. The zero-order valence-electron chi connectivity index (χ0n) is 18.5. The fraction of sp³-hybridized carbons (Fsp3) is 0.167. The number of carbonyl (C=O) groups is 1. The molecule has 1 amide bonds. The van der Waals surface area contributed by atoms with E-state index >= 15 is 0 Å². The number of pyridine rings is 1. The summed E-state index contributed by atoms with van der Waals surface area (Å²) in [6.45, 7) is -4.92. The van der Waals surface area contributed by atoms with Crippen LogP contribution in [-0.4, -0.2) is 34.1 Å². The molecule has 7 nitrogen and oxygen atoms in total. The maximum absolute atomic E-state index is 13.4. The monoisotopic (exact) mass is 504 g/mol. The predicted octanol–water partition coefficient (Wildman–Crippen LogP) is 5.52. The van der Waals surface area contributed by atoms with Crippen molar-refractivity contribution in [3.05, 3.63) is 77.9 Å². The van der Waals surface area contributed by atoms with Crippen molar-refractivity contribution in [1.29, 1.82) is 0 Å². The van der Waals surface area contributed by atoms with Gasteiger partial charge in [0.25, 0.3) is 5.91 Å². The van der Waals surface area contributed by atoms with Gasteiger partial charge in [0, 0.05) is 11.6 Å². The smallest absolute Gasteiger partial charge is 0.387 e. The fourth-order valence-electron chi connectivity index (χ4n) is 3.41. The lowest BCUT2D eigenvalue weighted by atomic mass is 10.1. The summed E-state index contributed by atoms with van der Waals surface area (Å²) < 4.78 is 72.7. The number of fused-ring (bicyclic) bond motifs is 1. The first-order chi connectivity index (χ1) is 17.2. The zero-order chi connectivity index (χ0) is 25.8. The quantitative estimate of drug-likeness (QED) is 0.318. The van der Waals surface area contributed by atoms with Crippen molar-refractivity contribution in [1.82, 2.24) is 20.3 Å². The van der Waals surface area contributed by atoms with Crippen LogP contribution in [0.4, 0.5) is 22.0 Å². The summed E-state index contributed by atoms with van der Waals surface area (Å²) in [5.41, 5.74) is 1.63. The summed E-state index contributed by atoms with van der Waals surface area (Å²) in [6.07, 6.45) is 1.01. The molecule has 0 saturated carbocycles. The highest BCUT2D eigenvalue weighted by Gasteiger charge is 2.22. The van der Waals surface area contributed by atoms with Crippen LogP contribution in [0.1, 0.15) is 29.0 Å². The van der Waals surface area contributed by atoms with Gasteiger partial charge in [0.1, 0.15) is 23.0 Å². The Kier molecular flexibility index (Phi) is 7.23. The van der Waals surface area contributed by atoms with Gasteiger partial charge in [-0.1, -0.05) is 12.1 Å². The second-order valence-corrected chi connectivity index (χ2v) is 7.45. The van der Waals surface area contributed by atoms with Crippen molar-refractivity contribution in [3.8, 4) is 22.9 Å². The number of halogens is 5. The summed E-state index contributed by atoms with van der Waals surface area (Å²) in [5.74, 6) is -2.44. The Bertz CT molecular complexity index is 1360. The summed E-state index contributed by atoms with van der Waals surface area (Å²) in [7, 11) is 0. The molecular weight excluding hydrogens is 487 g/mol. The van der Waals surface area contributed by atoms with Crippen molar-refractivity contribution < 1.29 is 36.2 Å². The molecule has 0 fully saturated rings. The summed E-state index contributed by atoms with van der Waals surface area (Å²) in [5, 5.41) is 2.63. The lowest BCUT2D eigenvalue weighted by Gasteiger charge is -2.18. The van der Waals surface area contributed by atoms with Crippen LogP contribution < -0.4 is 14.8 Å². The van der Waals surface area contributed by atoms with E-state index in [0.29, 0.717) is 16.7 Å². The Hall–Kier alpha value is -4.35. The van der Waals surface area contributed by atoms with Crippen LogP contribution >= 0.6 is 0 Å². The van der Waals surface area contributed by atoms with E-state index in [9.17, 15) is 26.7 Å². The Morgan fingerprint density at radius 1 is 0.889 bits per heavy atom. The van der Waals surface area contributed by atoms with E-state index in [1.165, 1.54) is 12.1 Å². The molecule has 1 N–H and O–H groups in total. The molecule has 2 aromatic heterocycles. The molecule has 0 unspecified atom stereocenters. The largest absolute Gasteiger partial charge is 0.435 e. The van der Waals surface area contributed by atoms with Gasteiger partial charge in [0.15, 0.2) is 0 Å². The highest BCUT2D eigenvalue weighted by Crippen LogP contribution is 2.29. The number of alkyl halides is 4. The van der Waals surface area contributed by atoms with Gasteiger partial charge in [-0.25, -0.2) is 14.4 Å². The SMILES string of the molecule is C[C@H](NC(=O)c1cc(OC(F)F)cc(OC(F)F)c1)c1nc2ccccc2nc1-c1ccc(F)cn1. The van der Waals surface area contributed by atoms with E-state index in [4.69, 9.17) is 0 Å². The summed E-state index contributed by atoms with van der Waals surface area (Å²) >= 11 is 0. The fourth-order valence-corrected chi connectivity index (χ4v) is 3.41. The molecule has 2 aromatic carbocycles. The molecule has 0 radical (unpaired) electrons. The topological polar surface area (TPSA) is 86.2 Å². The molecule has 36 heavy (non-hydrogen) atoms. The van der Waals surface area contributed by atoms with Crippen molar-refractivity contribution >= 4 is 16.9 Å². The number of rotatable bonds is 8. The minimum Gasteiger partial charge on any atom is -0.435 e. The molecule has 0 saturated heterocycles. The van der Waals surface area contributed by atoms with E-state index in [1.54, 1.807) is 31.2 Å². The normalized spacial score (nSPS) is 12.1. The van der Waals surface area contributed by atoms with Crippen LogP contribution in [0.25, 0.3) is 22.4 Å². The average Bonchev–Trinajstić information content (AvgIpc) is 2.82. The van der Waals surface area contributed by atoms with Gasteiger partial charge in [-0.3, -0.25) is 9.78 Å². The first-order valence-corrected chi connectivity index (χ1v) is 10.4. The number of carbonyl (C=O) groups excluding carboxylic acids is 1. The number of benzene rings is 2. The van der Waals surface area contributed by atoms with Crippen molar-refractivity contribution in [2.75, 3.05) is 0 Å². The highest BCUT2D eigenvalue weighted by molar-refractivity contribution is 5.95. The molecular formula is C24H17F5N4O3. The minimum absolute atomic E-state index is 0.272. The van der Waals surface area contributed by atoms with Crippen molar-refractivity contribution in [3.63, 3.8) is 0 Å². The Morgan fingerprint density at radius 3 is 2.06 bits per heavy atom. The van der Waals surface area contributed by atoms with Gasteiger partial charge >= 0.3 is 13.2 Å². The molecule has 186 valence electrons. The number of hydrogen-bond acceptors (Lipinski definition) is 6. The van der Waals surface area contributed by atoms with Crippen LogP contribution in [0.2, 0.25) is 0 Å². The summed E-state index contributed by atoms with van der Waals surface area (Å²) in [4.78, 5) is 26.1. The maximum atomic E-state index is 13.4. The number of hydrogen-bond donors (Lipinski definition) is 1. The predicted molar refractivity (Wildman–Crippen MR) is 118 cm³/mol. The van der Waals surface area contributed by atoms with Crippen LogP contribution in [0.15, 0.2) is 60.8 Å². The van der Waals surface area contributed by atoms with Gasteiger partial charge < -0.3 is 14.8 Å². The third kappa shape index (κ3) is 5.82. The van der Waals surface area contributed by atoms with E-state index in [-0.39, 0.29) is 17.0 Å². The third-order valence-electron chi connectivity index (χ3n) is 4.92. The van der Waals surface area contributed by atoms with E-state index in [0.717, 1.165) is 24.4 Å². The number of ether oxygens (including phenoxy) is 2. The molecule has 2 heterocycles. The van der Waals surface area contributed by atoms with Crippen LogP contribution in [0, 0.1) is 5.82 Å². The van der Waals surface area contributed by atoms with E-state index < -0.39 is 42.5 Å². The molecule has 0 spiro atoms. The highest BCUT2D eigenvalue weighted by atomic mass is 19.3. The molecule has 0 aliphatic heterocycles. The van der Waals surface area contributed by atoms with Gasteiger partial charge in [0.2, 0.25) is 0 Å². The maximum Gasteiger partial charge on any atom is 0.387 e. The molecule has 1 atom stereocenters. The molecule has 12 heteroatoms. The van der Waals surface area contributed by atoms with Gasteiger partial charge in [0.05, 0.1) is 34.7 Å². The zero-order valence-corrected chi connectivity index (χ0v) is 18.5. The van der Waals surface area contributed by atoms with E-state index in [1.807, 2.05) is 0 Å². The Balaban J connectivity index is 1.69. The number of para-hydroxylation sites is 2. The van der Waals surface area contributed by atoms with E-state index in [2.05, 4.69) is 29.7 Å². The minimum atomic E-state index is -3.25. The third-order valence-corrected chi connectivity index (χ3v) is 4.92. The molecule has 4 rings (SSSR count). The van der Waals surface area contributed by atoms with Crippen LogP contribution in [0.5, 0.6) is 11.5 Å². The standard InChI is InChI=1S/C24H17F5N4O3/c1-12(31-22(34)13-8-15(35-23(26)27)10-16(9-13)36-24(28)29)20-21(19-7-6-14(25)11-30-19)33-18-5-3-2-4-17(18)32-20/h2-12,23-24H,1H3,(H,31,34)/t12-/m0/s1. The lowest BCUT2D eigenvalue weighted by molar-refractivity contribution is -0.0543. The first kappa shape index (κ1) is 24.8. The lowest BCUT2D eigenvalue weighted by Crippen LogP contribution is -2.28. The Labute approximate surface area is 200 Å². The molecule has 0 bridgehead atoms. The molecule has 4 aromatic rings. The number of aromatic nitrogens is 3. The molecule has 0 aliphatic carbocycles. The van der Waals surface area contributed by atoms with Crippen molar-refractivity contribution in [2.24, 2.45) is 0 Å². The number of amides is 1. The van der Waals surface area contributed by atoms with Crippen LogP contribution in [-0.2, 0) is 0 Å².